The molecule has 6 N–H and O–H groups in total. The average Bonchev–Trinajstić information content (AvgIpc) is 2.37. The van der Waals surface area contributed by atoms with Crippen molar-refractivity contribution in [2.24, 2.45) is 11.5 Å². The van der Waals surface area contributed by atoms with Crippen molar-refractivity contribution >= 4 is 0 Å². The third-order valence-corrected chi connectivity index (χ3v) is 3.44. The molecule has 1 unspecified atom stereocenters. The van der Waals surface area contributed by atoms with Gasteiger partial charge in [0.15, 0.2) is 5.72 Å². The summed E-state index contributed by atoms with van der Waals surface area (Å²) in [4.78, 5) is 0. The zero-order valence-corrected chi connectivity index (χ0v) is 11.6. The predicted octanol–water partition coefficient (Wildman–Crippen LogP) is 0.903. The summed E-state index contributed by atoms with van der Waals surface area (Å²) < 4.78 is 5.68. The predicted molar refractivity (Wildman–Crippen MR) is 76.1 cm³/mol. The molecule has 0 saturated heterocycles. The van der Waals surface area contributed by atoms with Gasteiger partial charge in [0.05, 0.1) is 0 Å². The Morgan fingerprint density at radius 1 is 1.05 bits per heavy atom. The van der Waals surface area contributed by atoms with Gasteiger partial charge >= 0.3 is 0 Å². The fourth-order valence-electron chi connectivity index (χ4n) is 2.23. The summed E-state index contributed by atoms with van der Waals surface area (Å²) in [5, 5.41) is 19.7. The fourth-order valence-corrected chi connectivity index (χ4v) is 2.23. The molecule has 20 heavy (non-hydrogen) atoms. The lowest BCUT2D eigenvalue weighted by Crippen LogP contribution is -2.48. The van der Waals surface area contributed by atoms with E-state index in [1.54, 1.807) is 13.8 Å². The van der Waals surface area contributed by atoms with Gasteiger partial charge in [0.2, 0.25) is 5.79 Å². The van der Waals surface area contributed by atoms with E-state index in [4.69, 9.17) is 16.2 Å². The van der Waals surface area contributed by atoms with Gasteiger partial charge in [-0.25, -0.2) is 0 Å². The Morgan fingerprint density at radius 2 is 1.55 bits per heavy atom. The van der Waals surface area contributed by atoms with Crippen LogP contribution in [0, 0.1) is 0 Å². The van der Waals surface area contributed by atoms with Crippen LogP contribution in [0.2, 0.25) is 0 Å². The summed E-state index contributed by atoms with van der Waals surface area (Å²) in [6.07, 6.45) is 2.21. The standard InChI is InChI=1S/C15H20N2O3/c1-10-8-14(17,9-11(2)15(10,18)19)20-13(16)12-6-4-3-5-7-12/h3-9,13,18-19H,16-17H2,1-2H3. The van der Waals surface area contributed by atoms with Crippen molar-refractivity contribution in [1.82, 2.24) is 0 Å². The SMILES string of the molecule is CC1=CC(N)(OC(N)c2ccccc2)C=C(C)C1(O)O. The van der Waals surface area contributed by atoms with Crippen molar-refractivity contribution < 1.29 is 14.9 Å². The molecule has 1 aromatic carbocycles. The van der Waals surface area contributed by atoms with Gasteiger partial charge in [0.25, 0.3) is 0 Å². The van der Waals surface area contributed by atoms with Gasteiger partial charge in [0, 0.05) is 0 Å². The second-order valence-electron chi connectivity index (χ2n) is 5.13. The molecule has 0 spiro atoms. The summed E-state index contributed by atoms with van der Waals surface area (Å²) in [5.41, 5.74) is 12.2. The molecule has 108 valence electrons. The first-order valence-corrected chi connectivity index (χ1v) is 6.36. The van der Waals surface area contributed by atoms with Crippen molar-refractivity contribution in [3.05, 3.63) is 59.2 Å². The number of hydrogen-bond donors (Lipinski definition) is 4. The maximum absolute atomic E-state index is 9.87. The second-order valence-corrected chi connectivity index (χ2v) is 5.13. The lowest BCUT2D eigenvalue weighted by Gasteiger charge is -2.36. The van der Waals surface area contributed by atoms with Gasteiger partial charge in [-0.1, -0.05) is 30.3 Å². The highest BCUT2D eigenvalue weighted by atomic mass is 16.5. The highest BCUT2D eigenvalue weighted by Crippen LogP contribution is 2.33. The van der Waals surface area contributed by atoms with E-state index in [0.717, 1.165) is 5.56 Å². The van der Waals surface area contributed by atoms with Gasteiger partial charge in [0.1, 0.15) is 6.23 Å². The second kappa shape index (κ2) is 5.12. The van der Waals surface area contributed by atoms with Crippen LogP contribution in [-0.4, -0.2) is 21.7 Å². The maximum Gasteiger partial charge on any atom is 0.208 e. The zero-order valence-electron chi connectivity index (χ0n) is 11.6. The van der Waals surface area contributed by atoms with Crippen LogP contribution in [0.15, 0.2) is 53.6 Å². The van der Waals surface area contributed by atoms with Crippen molar-refractivity contribution in [2.75, 3.05) is 0 Å². The molecule has 1 aliphatic carbocycles. The number of aliphatic hydroxyl groups is 2. The number of rotatable bonds is 3. The number of hydrogen-bond acceptors (Lipinski definition) is 5. The zero-order chi connectivity index (χ0) is 15.0. The molecule has 1 atom stereocenters. The Balaban J connectivity index is 2.23. The largest absolute Gasteiger partial charge is 0.359 e. The van der Waals surface area contributed by atoms with E-state index >= 15 is 0 Å². The van der Waals surface area contributed by atoms with Crippen LogP contribution in [-0.2, 0) is 4.74 Å². The topological polar surface area (TPSA) is 102 Å². The van der Waals surface area contributed by atoms with Crippen molar-refractivity contribution in [3.8, 4) is 0 Å². The van der Waals surface area contributed by atoms with E-state index < -0.39 is 17.7 Å². The quantitative estimate of drug-likeness (QED) is 0.485. The monoisotopic (exact) mass is 276 g/mol. The van der Waals surface area contributed by atoms with Crippen LogP contribution in [0.1, 0.15) is 25.6 Å². The molecule has 0 bridgehead atoms. The molecule has 1 aliphatic rings. The number of nitrogens with two attached hydrogens (primary N) is 2. The molecule has 0 aliphatic heterocycles. The minimum absolute atomic E-state index is 0.306. The van der Waals surface area contributed by atoms with E-state index in [-0.39, 0.29) is 0 Å². The first-order chi connectivity index (χ1) is 9.24. The molecule has 0 amide bonds. The van der Waals surface area contributed by atoms with Crippen LogP contribution in [0.3, 0.4) is 0 Å². The van der Waals surface area contributed by atoms with E-state index in [9.17, 15) is 10.2 Å². The normalized spacial score (nSPS) is 21.9. The average molecular weight is 276 g/mol. The summed E-state index contributed by atoms with van der Waals surface area (Å²) in [7, 11) is 0. The lowest BCUT2D eigenvalue weighted by atomic mass is 9.89. The molecule has 0 aromatic heterocycles. The molecule has 2 rings (SSSR count). The van der Waals surface area contributed by atoms with E-state index in [1.165, 1.54) is 12.2 Å². The highest BCUT2D eigenvalue weighted by molar-refractivity contribution is 5.37. The highest BCUT2D eigenvalue weighted by Gasteiger charge is 2.38. The molecule has 1 aromatic rings. The fraction of sp³-hybridized carbons (Fsp3) is 0.333. The summed E-state index contributed by atoms with van der Waals surface area (Å²) >= 11 is 0. The van der Waals surface area contributed by atoms with Crippen LogP contribution in [0.4, 0.5) is 0 Å². The third kappa shape index (κ3) is 2.82. The van der Waals surface area contributed by atoms with Crippen LogP contribution in [0.25, 0.3) is 0 Å². The maximum atomic E-state index is 9.87. The van der Waals surface area contributed by atoms with E-state index in [1.807, 2.05) is 30.3 Å². The van der Waals surface area contributed by atoms with Gasteiger partial charge < -0.3 is 20.7 Å². The van der Waals surface area contributed by atoms with Gasteiger partial charge in [-0.3, -0.25) is 5.73 Å². The molecule has 0 heterocycles. The smallest absolute Gasteiger partial charge is 0.208 e. The third-order valence-electron chi connectivity index (χ3n) is 3.44. The first kappa shape index (κ1) is 14.9. The van der Waals surface area contributed by atoms with Crippen LogP contribution in [0.5, 0.6) is 0 Å². The molecule has 0 fully saturated rings. The van der Waals surface area contributed by atoms with Gasteiger partial charge in [-0.15, -0.1) is 0 Å². The molecular formula is C15H20N2O3. The molecular weight excluding hydrogens is 256 g/mol. The Hall–Kier alpha value is -1.50. The number of benzene rings is 1. The summed E-state index contributed by atoms with van der Waals surface area (Å²) in [6, 6.07) is 9.28. The minimum atomic E-state index is -1.98. The molecule has 0 saturated carbocycles. The lowest BCUT2D eigenvalue weighted by molar-refractivity contribution is -0.106. The first-order valence-electron chi connectivity index (χ1n) is 6.36. The van der Waals surface area contributed by atoms with Gasteiger partial charge in [-0.05, 0) is 42.7 Å². The Bertz CT molecular complexity index is 527. The minimum Gasteiger partial charge on any atom is -0.359 e. The molecule has 5 heteroatoms. The van der Waals surface area contributed by atoms with Crippen LogP contribution >= 0.6 is 0 Å². The summed E-state index contributed by atoms with van der Waals surface area (Å²) in [5.74, 6) is -1.98. The van der Waals surface area contributed by atoms with E-state index in [2.05, 4.69) is 0 Å². The molecule has 5 nitrogen and oxygen atoms in total. The van der Waals surface area contributed by atoms with E-state index in [0.29, 0.717) is 11.1 Å². The Kier molecular flexibility index (Phi) is 3.82. The Morgan fingerprint density at radius 3 is 2.05 bits per heavy atom. The van der Waals surface area contributed by atoms with Crippen molar-refractivity contribution in [3.63, 3.8) is 0 Å². The van der Waals surface area contributed by atoms with Crippen molar-refractivity contribution in [2.45, 2.75) is 31.6 Å². The Labute approximate surface area is 118 Å². The number of ether oxygens (including phenoxy) is 1. The van der Waals surface area contributed by atoms with Crippen molar-refractivity contribution in [1.29, 1.82) is 0 Å². The van der Waals surface area contributed by atoms with Crippen LogP contribution < -0.4 is 11.5 Å². The van der Waals surface area contributed by atoms with Gasteiger partial charge in [-0.2, -0.15) is 0 Å². The summed E-state index contributed by atoms with van der Waals surface area (Å²) in [6.45, 7) is 3.16. The molecule has 0 radical (unpaired) electrons.